The Bertz CT molecular complexity index is 715. The molecule has 0 bridgehead atoms. The number of carbonyl (C=O) groups is 1. The highest BCUT2D eigenvalue weighted by Crippen LogP contribution is 2.42. The van der Waals surface area contributed by atoms with Crippen LogP contribution in [0, 0.1) is 0 Å². The van der Waals surface area contributed by atoms with Gasteiger partial charge in [-0.25, -0.2) is 0 Å². The summed E-state index contributed by atoms with van der Waals surface area (Å²) in [6, 6.07) is 10.1. The maximum atomic E-state index is 10.7. The van der Waals surface area contributed by atoms with E-state index in [1.807, 2.05) is 12.1 Å². The number of aryl methyl sites for hydroxylation is 1. The van der Waals surface area contributed by atoms with E-state index in [1.54, 1.807) is 6.20 Å². The van der Waals surface area contributed by atoms with E-state index < -0.39 is 0 Å². The van der Waals surface area contributed by atoms with Crippen LogP contribution in [0.1, 0.15) is 54.4 Å². The number of ether oxygens (including phenoxy) is 1. The minimum Gasteiger partial charge on any atom is -0.487 e. The van der Waals surface area contributed by atoms with E-state index in [9.17, 15) is 4.79 Å². The Kier molecular flexibility index (Phi) is 3.64. The summed E-state index contributed by atoms with van der Waals surface area (Å²) in [7, 11) is 0. The zero-order chi connectivity index (χ0) is 15.7. The molecule has 3 nitrogen and oxygen atoms in total. The first-order chi connectivity index (χ1) is 11.3. The van der Waals surface area contributed by atoms with Gasteiger partial charge in [-0.15, -0.1) is 0 Å². The predicted octanol–water partition coefficient (Wildman–Crippen LogP) is 4.59. The Balaban J connectivity index is 1.60. The van der Waals surface area contributed by atoms with Crippen LogP contribution in [0.3, 0.4) is 0 Å². The standard InChI is InChI=1S/C20H21NO2/c22-14-15-4-6-18(21-13-15)16-5-7-19-17(12-16)8-11-20(23-19)9-2-1-3-10-20/h4-7,12-14H,1-3,8-11H2. The van der Waals surface area contributed by atoms with Gasteiger partial charge in [0.2, 0.25) is 0 Å². The maximum Gasteiger partial charge on any atom is 0.151 e. The number of carbonyl (C=O) groups excluding carboxylic acids is 1. The third kappa shape index (κ3) is 2.76. The van der Waals surface area contributed by atoms with Gasteiger partial charge in [0.05, 0.1) is 5.69 Å². The second-order valence-corrected chi connectivity index (χ2v) is 6.76. The van der Waals surface area contributed by atoms with Gasteiger partial charge in [0.1, 0.15) is 11.4 Å². The average molecular weight is 307 g/mol. The van der Waals surface area contributed by atoms with E-state index in [1.165, 1.54) is 37.7 Å². The van der Waals surface area contributed by atoms with Gasteiger partial charge in [0.25, 0.3) is 0 Å². The van der Waals surface area contributed by atoms with Crippen LogP contribution in [0.4, 0.5) is 0 Å². The molecule has 0 N–H and O–H groups in total. The summed E-state index contributed by atoms with van der Waals surface area (Å²) in [5, 5.41) is 0. The summed E-state index contributed by atoms with van der Waals surface area (Å²) in [4.78, 5) is 15.1. The molecular weight excluding hydrogens is 286 g/mol. The van der Waals surface area contributed by atoms with E-state index in [2.05, 4.69) is 23.2 Å². The Morgan fingerprint density at radius 2 is 1.91 bits per heavy atom. The Morgan fingerprint density at radius 3 is 2.65 bits per heavy atom. The van der Waals surface area contributed by atoms with Crippen molar-refractivity contribution in [3.63, 3.8) is 0 Å². The van der Waals surface area contributed by atoms with Crippen LogP contribution in [-0.4, -0.2) is 16.9 Å². The number of pyridine rings is 1. The monoisotopic (exact) mass is 307 g/mol. The zero-order valence-electron chi connectivity index (χ0n) is 13.3. The molecule has 1 aromatic carbocycles. The molecule has 0 radical (unpaired) electrons. The molecule has 2 aromatic rings. The highest BCUT2D eigenvalue weighted by atomic mass is 16.5. The van der Waals surface area contributed by atoms with E-state index in [0.29, 0.717) is 5.56 Å². The van der Waals surface area contributed by atoms with Crippen molar-refractivity contribution in [3.05, 3.63) is 47.7 Å². The zero-order valence-corrected chi connectivity index (χ0v) is 13.3. The molecule has 0 amide bonds. The Labute approximate surface area is 136 Å². The van der Waals surface area contributed by atoms with Gasteiger partial charge < -0.3 is 4.74 Å². The molecule has 0 saturated heterocycles. The first-order valence-electron chi connectivity index (χ1n) is 8.52. The van der Waals surface area contributed by atoms with Crippen molar-refractivity contribution in [1.82, 2.24) is 4.98 Å². The predicted molar refractivity (Wildman–Crippen MR) is 89.8 cm³/mol. The highest BCUT2D eigenvalue weighted by Gasteiger charge is 2.37. The molecule has 23 heavy (non-hydrogen) atoms. The molecule has 1 spiro atoms. The molecule has 0 atom stereocenters. The quantitative estimate of drug-likeness (QED) is 0.762. The Hall–Kier alpha value is -2.16. The van der Waals surface area contributed by atoms with Crippen LogP contribution in [0.25, 0.3) is 11.3 Å². The number of aromatic nitrogens is 1. The van der Waals surface area contributed by atoms with Crippen LogP contribution < -0.4 is 4.74 Å². The summed E-state index contributed by atoms with van der Waals surface area (Å²) >= 11 is 0. The molecule has 1 fully saturated rings. The molecule has 4 rings (SSSR count). The van der Waals surface area contributed by atoms with Gasteiger partial charge in [-0.1, -0.05) is 6.42 Å². The lowest BCUT2D eigenvalue weighted by Crippen LogP contribution is -2.41. The molecule has 1 saturated carbocycles. The fraction of sp³-hybridized carbons (Fsp3) is 0.400. The number of rotatable bonds is 2. The topological polar surface area (TPSA) is 39.2 Å². The number of hydrogen-bond donors (Lipinski definition) is 0. The van der Waals surface area contributed by atoms with Crippen molar-refractivity contribution < 1.29 is 9.53 Å². The van der Waals surface area contributed by atoms with Crippen molar-refractivity contribution in [3.8, 4) is 17.0 Å². The van der Waals surface area contributed by atoms with Crippen LogP contribution in [-0.2, 0) is 6.42 Å². The summed E-state index contributed by atoms with van der Waals surface area (Å²) in [6.07, 6.45) is 11.0. The second-order valence-electron chi connectivity index (χ2n) is 6.76. The van der Waals surface area contributed by atoms with Crippen LogP contribution in [0.5, 0.6) is 5.75 Å². The fourth-order valence-electron chi connectivity index (χ4n) is 3.87. The van der Waals surface area contributed by atoms with Crippen molar-refractivity contribution in [2.45, 2.75) is 50.5 Å². The second kappa shape index (κ2) is 5.80. The van der Waals surface area contributed by atoms with Gasteiger partial charge in [-0.2, -0.15) is 0 Å². The number of benzene rings is 1. The third-order valence-electron chi connectivity index (χ3n) is 5.22. The summed E-state index contributed by atoms with van der Waals surface area (Å²) in [5.74, 6) is 1.05. The Morgan fingerprint density at radius 1 is 1.04 bits per heavy atom. The lowest BCUT2D eigenvalue weighted by Gasteiger charge is -2.41. The molecule has 118 valence electrons. The molecule has 3 heteroatoms. The maximum absolute atomic E-state index is 10.7. The van der Waals surface area contributed by atoms with E-state index in [0.717, 1.165) is 36.1 Å². The largest absolute Gasteiger partial charge is 0.487 e. The van der Waals surface area contributed by atoms with Crippen molar-refractivity contribution in [2.75, 3.05) is 0 Å². The molecule has 2 heterocycles. The van der Waals surface area contributed by atoms with E-state index >= 15 is 0 Å². The first kappa shape index (κ1) is 14.4. The normalized spacial score (nSPS) is 19.0. The molecular formula is C20H21NO2. The summed E-state index contributed by atoms with van der Waals surface area (Å²) < 4.78 is 6.42. The molecule has 1 aliphatic carbocycles. The van der Waals surface area contributed by atoms with Gasteiger partial charge in [-0.3, -0.25) is 9.78 Å². The smallest absolute Gasteiger partial charge is 0.151 e. The number of nitrogens with zero attached hydrogens (tertiary/aromatic N) is 1. The summed E-state index contributed by atoms with van der Waals surface area (Å²) in [5.41, 5.74) is 3.96. The molecule has 0 unspecified atom stereocenters. The van der Waals surface area contributed by atoms with E-state index in [4.69, 9.17) is 4.74 Å². The highest BCUT2D eigenvalue weighted by molar-refractivity contribution is 5.75. The number of aldehydes is 1. The minimum atomic E-state index is 0.0939. The van der Waals surface area contributed by atoms with Crippen molar-refractivity contribution >= 4 is 6.29 Å². The third-order valence-corrected chi connectivity index (χ3v) is 5.22. The SMILES string of the molecule is O=Cc1ccc(-c2ccc3c(c2)CCC2(CCCCC2)O3)nc1. The molecule has 1 aliphatic heterocycles. The molecule has 1 aromatic heterocycles. The van der Waals surface area contributed by atoms with Crippen molar-refractivity contribution in [1.29, 1.82) is 0 Å². The molecule has 2 aliphatic rings. The number of fused-ring (bicyclic) bond motifs is 1. The van der Waals surface area contributed by atoms with Crippen LogP contribution >= 0.6 is 0 Å². The van der Waals surface area contributed by atoms with Gasteiger partial charge >= 0.3 is 0 Å². The minimum absolute atomic E-state index is 0.0939. The lowest BCUT2D eigenvalue weighted by atomic mass is 9.79. The van der Waals surface area contributed by atoms with Gasteiger partial charge in [-0.05, 0) is 74.4 Å². The van der Waals surface area contributed by atoms with Crippen LogP contribution in [0.15, 0.2) is 36.5 Å². The fourth-order valence-corrected chi connectivity index (χ4v) is 3.87. The van der Waals surface area contributed by atoms with Gasteiger partial charge in [0, 0.05) is 17.3 Å². The summed E-state index contributed by atoms with van der Waals surface area (Å²) in [6.45, 7) is 0. The van der Waals surface area contributed by atoms with Gasteiger partial charge in [0.15, 0.2) is 6.29 Å². The van der Waals surface area contributed by atoms with Crippen LogP contribution in [0.2, 0.25) is 0 Å². The number of hydrogen-bond acceptors (Lipinski definition) is 3. The first-order valence-corrected chi connectivity index (χ1v) is 8.52. The average Bonchev–Trinajstić information content (AvgIpc) is 2.62. The lowest BCUT2D eigenvalue weighted by molar-refractivity contribution is 0.0108. The van der Waals surface area contributed by atoms with Crippen molar-refractivity contribution in [2.24, 2.45) is 0 Å². The van der Waals surface area contributed by atoms with E-state index in [-0.39, 0.29) is 5.60 Å².